The van der Waals surface area contributed by atoms with Gasteiger partial charge in [-0.05, 0) is 43.2 Å². The minimum absolute atomic E-state index is 0.128. The molecule has 0 saturated heterocycles. The zero-order valence-electron chi connectivity index (χ0n) is 11.2. The summed E-state index contributed by atoms with van der Waals surface area (Å²) < 4.78 is 0. The van der Waals surface area contributed by atoms with Crippen molar-refractivity contribution in [1.29, 1.82) is 0 Å². The van der Waals surface area contributed by atoms with Crippen LogP contribution in [0.3, 0.4) is 0 Å². The molecule has 1 aromatic carbocycles. The van der Waals surface area contributed by atoms with Crippen molar-refractivity contribution in [2.75, 3.05) is 10.7 Å². The number of aromatic nitrogens is 1. The van der Waals surface area contributed by atoms with Crippen molar-refractivity contribution in [3.63, 3.8) is 0 Å². The molecule has 1 amide bonds. The summed E-state index contributed by atoms with van der Waals surface area (Å²) in [4.78, 5) is 16.3. The highest BCUT2D eigenvalue weighted by atomic mass is 35.5. The number of benzene rings is 1. The predicted molar refractivity (Wildman–Crippen MR) is 80.9 cm³/mol. The van der Waals surface area contributed by atoms with Crippen molar-refractivity contribution in [3.8, 4) is 0 Å². The lowest BCUT2D eigenvalue weighted by Crippen LogP contribution is -2.17. The molecule has 1 heterocycles. The summed E-state index contributed by atoms with van der Waals surface area (Å²) in [5.74, 6) is 5.28. The van der Waals surface area contributed by atoms with E-state index in [1.807, 2.05) is 32.0 Å². The maximum absolute atomic E-state index is 12.2. The van der Waals surface area contributed by atoms with Gasteiger partial charge in [0, 0.05) is 5.69 Å². The molecule has 0 fully saturated rings. The van der Waals surface area contributed by atoms with Crippen LogP contribution in [0, 0.1) is 13.8 Å². The number of hydrogen-bond acceptors (Lipinski definition) is 4. The van der Waals surface area contributed by atoms with Crippen LogP contribution in [0.15, 0.2) is 30.3 Å². The van der Waals surface area contributed by atoms with Gasteiger partial charge >= 0.3 is 0 Å². The summed E-state index contributed by atoms with van der Waals surface area (Å²) in [6.45, 7) is 3.92. The van der Waals surface area contributed by atoms with Gasteiger partial charge < -0.3 is 10.7 Å². The van der Waals surface area contributed by atoms with Crippen LogP contribution in [-0.4, -0.2) is 10.9 Å². The monoisotopic (exact) mass is 290 g/mol. The smallest absolute Gasteiger partial charge is 0.275 e. The van der Waals surface area contributed by atoms with E-state index in [1.54, 1.807) is 12.1 Å². The van der Waals surface area contributed by atoms with Crippen LogP contribution in [0.2, 0.25) is 5.02 Å². The fourth-order valence-electron chi connectivity index (χ4n) is 1.75. The van der Waals surface area contributed by atoms with Gasteiger partial charge in [0.2, 0.25) is 0 Å². The SMILES string of the molecule is Cc1cccc(NC(=O)c2nc(NN)ccc2Cl)c1C. The Hall–Kier alpha value is -2.11. The number of anilines is 2. The van der Waals surface area contributed by atoms with E-state index < -0.39 is 0 Å². The number of carbonyl (C=O) groups is 1. The van der Waals surface area contributed by atoms with Gasteiger partial charge in [0.25, 0.3) is 5.91 Å². The highest BCUT2D eigenvalue weighted by Crippen LogP contribution is 2.21. The Morgan fingerprint density at radius 2 is 2.00 bits per heavy atom. The number of nitrogens with zero attached hydrogens (tertiary/aromatic N) is 1. The Morgan fingerprint density at radius 3 is 2.70 bits per heavy atom. The normalized spacial score (nSPS) is 10.2. The quantitative estimate of drug-likeness (QED) is 0.600. The van der Waals surface area contributed by atoms with Crippen molar-refractivity contribution in [2.24, 2.45) is 5.84 Å². The Balaban J connectivity index is 2.30. The number of nitrogens with two attached hydrogens (primary N) is 1. The number of amides is 1. The van der Waals surface area contributed by atoms with E-state index >= 15 is 0 Å². The predicted octanol–water partition coefficient (Wildman–Crippen LogP) is 2.89. The summed E-state index contributed by atoms with van der Waals surface area (Å²) >= 11 is 5.99. The standard InChI is InChI=1S/C14H15ClN4O/c1-8-4-3-5-11(9(8)2)17-14(20)13-10(15)6-7-12(18-13)19-16/h3-7H,16H2,1-2H3,(H,17,20)(H,18,19). The molecule has 0 aliphatic rings. The van der Waals surface area contributed by atoms with E-state index in [9.17, 15) is 4.79 Å². The molecule has 5 nitrogen and oxygen atoms in total. The fourth-order valence-corrected chi connectivity index (χ4v) is 1.94. The molecular weight excluding hydrogens is 276 g/mol. The van der Waals surface area contributed by atoms with Crippen LogP contribution >= 0.6 is 11.6 Å². The van der Waals surface area contributed by atoms with Crippen LogP contribution in [-0.2, 0) is 0 Å². The molecule has 0 unspecified atom stereocenters. The molecule has 0 atom stereocenters. The molecule has 0 aliphatic heterocycles. The number of hydrazine groups is 1. The van der Waals surface area contributed by atoms with E-state index in [-0.39, 0.29) is 16.6 Å². The van der Waals surface area contributed by atoms with E-state index in [1.165, 1.54) is 0 Å². The third kappa shape index (κ3) is 2.89. The molecule has 104 valence electrons. The van der Waals surface area contributed by atoms with Crippen LogP contribution < -0.4 is 16.6 Å². The first kappa shape index (κ1) is 14.3. The summed E-state index contributed by atoms with van der Waals surface area (Å²) in [5.41, 5.74) is 5.35. The number of nitrogen functional groups attached to an aromatic ring is 1. The topological polar surface area (TPSA) is 80.0 Å². The Morgan fingerprint density at radius 1 is 1.25 bits per heavy atom. The summed E-state index contributed by atoms with van der Waals surface area (Å²) in [6.07, 6.45) is 0. The molecule has 0 spiro atoms. The van der Waals surface area contributed by atoms with E-state index in [4.69, 9.17) is 17.4 Å². The number of halogens is 1. The number of nitrogens with one attached hydrogen (secondary N) is 2. The van der Waals surface area contributed by atoms with Crippen molar-refractivity contribution >= 4 is 29.0 Å². The number of pyridine rings is 1. The average molecular weight is 291 g/mol. The van der Waals surface area contributed by atoms with Gasteiger partial charge in [-0.25, -0.2) is 10.8 Å². The molecule has 4 N–H and O–H groups in total. The molecule has 0 bridgehead atoms. The van der Waals surface area contributed by atoms with E-state index in [2.05, 4.69) is 15.7 Å². The number of aryl methyl sites for hydroxylation is 1. The van der Waals surface area contributed by atoms with Crippen molar-refractivity contribution in [3.05, 3.63) is 52.2 Å². The van der Waals surface area contributed by atoms with Crippen LogP contribution in [0.25, 0.3) is 0 Å². The second-order valence-electron chi connectivity index (χ2n) is 4.37. The second kappa shape index (κ2) is 5.90. The van der Waals surface area contributed by atoms with Gasteiger partial charge in [-0.2, -0.15) is 0 Å². The van der Waals surface area contributed by atoms with Gasteiger partial charge in [0.15, 0.2) is 0 Å². The minimum atomic E-state index is -0.374. The number of hydrogen-bond donors (Lipinski definition) is 3. The Kier molecular flexibility index (Phi) is 4.22. The van der Waals surface area contributed by atoms with Crippen LogP contribution in [0.5, 0.6) is 0 Å². The van der Waals surface area contributed by atoms with Gasteiger partial charge in [-0.1, -0.05) is 23.7 Å². The van der Waals surface area contributed by atoms with Crippen LogP contribution in [0.1, 0.15) is 21.6 Å². The van der Waals surface area contributed by atoms with Crippen molar-refractivity contribution in [1.82, 2.24) is 4.98 Å². The maximum Gasteiger partial charge on any atom is 0.275 e. The molecule has 2 aromatic rings. The third-order valence-corrected chi connectivity index (χ3v) is 3.37. The van der Waals surface area contributed by atoms with E-state index in [0.29, 0.717) is 5.82 Å². The van der Waals surface area contributed by atoms with E-state index in [0.717, 1.165) is 16.8 Å². The van der Waals surface area contributed by atoms with Crippen molar-refractivity contribution in [2.45, 2.75) is 13.8 Å². The first-order chi connectivity index (χ1) is 9.52. The molecular formula is C14H15ClN4O. The molecule has 0 aliphatic carbocycles. The van der Waals surface area contributed by atoms with Crippen molar-refractivity contribution < 1.29 is 4.79 Å². The fraction of sp³-hybridized carbons (Fsp3) is 0.143. The largest absolute Gasteiger partial charge is 0.320 e. The van der Waals surface area contributed by atoms with Gasteiger partial charge in [0.05, 0.1) is 5.02 Å². The first-order valence-electron chi connectivity index (χ1n) is 6.03. The van der Waals surface area contributed by atoms with Crippen LogP contribution in [0.4, 0.5) is 11.5 Å². The summed E-state index contributed by atoms with van der Waals surface area (Å²) in [6, 6.07) is 8.86. The maximum atomic E-state index is 12.2. The zero-order valence-corrected chi connectivity index (χ0v) is 12.0. The summed E-state index contributed by atoms with van der Waals surface area (Å²) in [5, 5.41) is 3.08. The zero-order chi connectivity index (χ0) is 14.7. The number of carbonyl (C=O) groups excluding carboxylic acids is 1. The average Bonchev–Trinajstić information content (AvgIpc) is 2.44. The molecule has 2 rings (SSSR count). The Bertz CT molecular complexity index is 658. The first-order valence-corrected chi connectivity index (χ1v) is 6.41. The molecule has 6 heteroatoms. The number of rotatable bonds is 3. The molecule has 1 aromatic heterocycles. The Labute approximate surface area is 122 Å². The third-order valence-electron chi connectivity index (χ3n) is 3.06. The minimum Gasteiger partial charge on any atom is -0.320 e. The second-order valence-corrected chi connectivity index (χ2v) is 4.78. The van der Waals surface area contributed by atoms with Gasteiger partial charge in [0.1, 0.15) is 11.5 Å². The highest BCUT2D eigenvalue weighted by Gasteiger charge is 2.14. The lowest BCUT2D eigenvalue weighted by atomic mass is 10.1. The van der Waals surface area contributed by atoms with Gasteiger partial charge in [-0.3, -0.25) is 4.79 Å². The molecule has 0 radical (unpaired) electrons. The molecule has 0 saturated carbocycles. The highest BCUT2D eigenvalue weighted by molar-refractivity contribution is 6.34. The lowest BCUT2D eigenvalue weighted by Gasteiger charge is -2.11. The van der Waals surface area contributed by atoms with Gasteiger partial charge in [-0.15, -0.1) is 0 Å². The molecule has 20 heavy (non-hydrogen) atoms. The lowest BCUT2D eigenvalue weighted by molar-refractivity contribution is 0.102. The summed E-state index contributed by atoms with van der Waals surface area (Å²) in [7, 11) is 0.